The average molecular weight is 177 g/mol. The summed E-state index contributed by atoms with van der Waals surface area (Å²) in [4.78, 5) is 0. The van der Waals surface area contributed by atoms with Gasteiger partial charge in [-0.25, -0.2) is 0 Å². The maximum absolute atomic E-state index is 4.03. The highest BCUT2D eigenvalue weighted by atomic mass is 32.1. The molecule has 0 aliphatic rings. The molecule has 0 atom stereocenters. The standard InChI is InChI=1S/C8H7N3S/c1-2-4-7(5-3-1)6-8-9-11-12-10-8/h1-5H,6H2. The molecule has 2 aromatic rings. The van der Waals surface area contributed by atoms with Crippen molar-refractivity contribution in [1.29, 1.82) is 0 Å². The normalized spacial score (nSPS) is 10.0. The lowest BCUT2D eigenvalue weighted by Gasteiger charge is -1.93. The fourth-order valence-corrected chi connectivity index (χ4v) is 1.36. The summed E-state index contributed by atoms with van der Waals surface area (Å²) in [5.41, 5.74) is 1.22. The van der Waals surface area contributed by atoms with Gasteiger partial charge in [-0.05, 0) is 5.56 Å². The molecule has 0 radical (unpaired) electrons. The molecule has 2 rings (SSSR count). The monoisotopic (exact) mass is 177 g/mol. The van der Waals surface area contributed by atoms with Crippen LogP contribution >= 0.6 is 11.7 Å². The Balaban J connectivity index is 2.15. The van der Waals surface area contributed by atoms with Crippen LogP contribution in [0.25, 0.3) is 0 Å². The van der Waals surface area contributed by atoms with Crippen LogP contribution in [0.2, 0.25) is 0 Å². The van der Waals surface area contributed by atoms with Crippen LogP contribution in [0.3, 0.4) is 0 Å². The van der Waals surface area contributed by atoms with Crippen LogP contribution in [0.5, 0.6) is 0 Å². The van der Waals surface area contributed by atoms with Gasteiger partial charge in [0.25, 0.3) is 0 Å². The van der Waals surface area contributed by atoms with Crippen molar-refractivity contribution in [3.8, 4) is 0 Å². The molecular formula is C8H7N3S. The summed E-state index contributed by atoms with van der Waals surface area (Å²) in [5, 5.41) is 3.87. The molecule has 0 amide bonds. The second-order valence-corrected chi connectivity index (χ2v) is 2.94. The molecule has 1 aromatic heterocycles. The smallest absolute Gasteiger partial charge is 0.156 e. The average Bonchev–Trinajstić information content (AvgIpc) is 2.59. The second kappa shape index (κ2) is 3.40. The Morgan fingerprint density at radius 3 is 2.67 bits per heavy atom. The predicted molar refractivity (Wildman–Crippen MR) is 47.0 cm³/mol. The molecule has 1 heterocycles. The summed E-state index contributed by atoms with van der Waals surface area (Å²) < 4.78 is 7.73. The third kappa shape index (κ3) is 1.65. The highest BCUT2D eigenvalue weighted by Crippen LogP contribution is 2.03. The summed E-state index contributed by atoms with van der Waals surface area (Å²) in [6.45, 7) is 0. The SMILES string of the molecule is c1ccc(Cc2nnsn2)cc1. The maximum atomic E-state index is 4.03. The minimum absolute atomic E-state index is 0.775. The number of rotatable bonds is 2. The Kier molecular flexibility index (Phi) is 2.09. The molecule has 0 bridgehead atoms. The Labute approximate surface area is 74.4 Å². The largest absolute Gasteiger partial charge is 0.170 e. The Morgan fingerprint density at radius 2 is 2.00 bits per heavy atom. The van der Waals surface area contributed by atoms with Crippen LogP contribution in [0.15, 0.2) is 30.3 Å². The van der Waals surface area contributed by atoms with Crippen LogP contribution in [0, 0.1) is 0 Å². The van der Waals surface area contributed by atoms with Crippen molar-refractivity contribution in [2.24, 2.45) is 0 Å². The van der Waals surface area contributed by atoms with Gasteiger partial charge < -0.3 is 0 Å². The first-order chi connectivity index (χ1) is 5.95. The van der Waals surface area contributed by atoms with Crippen molar-refractivity contribution in [3.63, 3.8) is 0 Å². The fourth-order valence-electron chi connectivity index (χ4n) is 0.995. The third-order valence-electron chi connectivity index (χ3n) is 1.54. The van der Waals surface area contributed by atoms with Gasteiger partial charge in [-0.1, -0.05) is 34.8 Å². The van der Waals surface area contributed by atoms with Crippen molar-refractivity contribution in [2.45, 2.75) is 6.42 Å². The van der Waals surface area contributed by atoms with Crippen molar-refractivity contribution in [3.05, 3.63) is 41.7 Å². The lowest BCUT2D eigenvalue weighted by atomic mass is 10.1. The van der Waals surface area contributed by atoms with Crippen LogP contribution in [0.4, 0.5) is 0 Å². The van der Waals surface area contributed by atoms with Crippen molar-refractivity contribution >= 4 is 11.7 Å². The van der Waals surface area contributed by atoms with E-state index in [1.165, 1.54) is 5.56 Å². The molecule has 0 spiro atoms. The van der Waals surface area contributed by atoms with E-state index in [0.717, 1.165) is 24.0 Å². The number of hydrogen-bond acceptors (Lipinski definition) is 4. The second-order valence-electron chi connectivity index (χ2n) is 2.43. The number of benzene rings is 1. The minimum atomic E-state index is 0.775. The number of hydrogen-bond donors (Lipinski definition) is 0. The maximum Gasteiger partial charge on any atom is 0.170 e. The molecule has 0 N–H and O–H groups in total. The molecule has 0 aliphatic heterocycles. The predicted octanol–water partition coefficient (Wildman–Crippen LogP) is 1.52. The molecule has 0 unspecified atom stereocenters. The third-order valence-corrected chi connectivity index (χ3v) is 1.99. The topological polar surface area (TPSA) is 38.7 Å². The van der Waals surface area contributed by atoms with Gasteiger partial charge in [0.2, 0.25) is 0 Å². The Bertz CT molecular complexity index is 330. The van der Waals surface area contributed by atoms with Gasteiger partial charge >= 0.3 is 0 Å². The Morgan fingerprint density at radius 1 is 1.17 bits per heavy atom. The van der Waals surface area contributed by atoms with E-state index in [1.54, 1.807) is 0 Å². The van der Waals surface area contributed by atoms with E-state index in [-0.39, 0.29) is 0 Å². The van der Waals surface area contributed by atoms with Gasteiger partial charge in [0.05, 0.1) is 11.7 Å². The summed E-state index contributed by atoms with van der Waals surface area (Å²) in [5.74, 6) is 0.797. The highest BCUT2D eigenvalue weighted by Gasteiger charge is 1.98. The summed E-state index contributed by atoms with van der Waals surface area (Å²) in [6.07, 6.45) is 0.775. The van der Waals surface area contributed by atoms with Crippen molar-refractivity contribution < 1.29 is 0 Å². The van der Waals surface area contributed by atoms with Gasteiger partial charge in [0, 0.05) is 6.42 Å². The zero-order valence-corrected chi connectivity index (χ0v) is 7.16. The first-order valence-electron chi connectivity index (χ1n) is 3.63. The van der Waals surface area contributed by atoms with E-state index in [1.807, 2.05) is 18.2 Å². The molecule has 4 heteroatoms. The first-order valence-corrected chi connectivity index (χ1v) is 4.36. The van der Waals surface area contributed by atoms with Gasteiger partial charge in [-0.15, -0.1) is 5.10 Å². The number of nitrogens with zero attached hydrogens (tertiary/aromatic N) is 3. The molecule has 1 aromatic carbocycles. The van der Waals surface area contributed by atoms with E-state index < -0.39 is 0 Å². The molecule has 0 fully saturated rings. The van der Waals surface area contributed by atoms with E-state index >= 15 is 0 Å². The molecule has 0 aliphatic carbocycles. The van der Waals surface area contributed by atoms with Gasteiger partial charge in [-0.3, -0.25) is 0 Å². The fraction of sp³-hybridized carbons (Fsp3) is 0.125. The zero-order valence-electron chi connectivity index (χ0n) is 6.34. The summed E-state index contributed by atoms with van der Waals surface area (Å²) in [6, 6.07) is 10.1. The van der Waals surface area contributed by atoms with Gasteiger partial charge in [-0.2, -0.15) is 4.37 Å². The minimum Gasteiger partial charge on any atom is -0.156 e. The van der Waals surface area contributed by atoms with Crippen LogP contribution in [0.1, 0.15) is 11.4 Å². The van der Waals surface area contributed by atoms with Crippen LogP contribution in [-0.2, 0) is 6.42 Å². The quantitative estimate of drug-likeness (QED) is 0.698. The number of aromatic nitrogens is 3. The van der Waals surface area contributed by atoms with Crippen molar-refractivity contribution in [1.82, 2.24) is 14.0 Å². The van der Waals surface area contributed by atoms with Crippen LogP contribution < -0.4 is 0 Å². The molecule has 0 saturated carbocycles. The molecule has 12 heavy (non-hydrogen) atoms. The lowest BCUT2D eigenvalue weighted by Crippen LogP contribution is -1.89. The van der Waals surface area contributed by atoms with Crippen LogP contribution in [-0.4, -0.2) is 14.0 Å². The first kappa shape index (κ1) is 7.36. The zero-order chi connectivity index (χ0) is 8.23. The molecule has 3 nitrogen and oxygen atoms in total. The Hall–Kier alpha value is -1.29. The summed E-state index contributed by atoms with van der Waals surface area (Å²) >= 11 is 1.15. The van der Waals surface area contributed by atoms with E-state index in [4.69, 9.17) is 0 Å². The van der Waals surface area contributed by atoms with Crippen molar-refractivity contribution in [2.75, 3.05) is 0 Å². The molecule has 0 saturated heterocycles. The summed E-state index contributed by atoms with van der Waals surface area (Å²) in [7, 11) is 0. The van der Waals surface area contributed by atoms with Gasteiger partial charge in [0.15, 0.2) is 5.82 Å². The molecular weight excluding hydrogens is 170 g/mol. The lowest BCUT2D eigenvalue weighted by molar-refractivity contribution is 0.974. The van der Waals surface area contributed by atoms with E-state index in [9.17, 15) is 0 Å². The highest BCUT2D eigenvalue weighted by molar-refractivity contribution is 6.98. The van der Waals surface area contributed by atoms with E-state index in [2.05, 4.69) is 26.1 Å². The van der Waals surface area contributed by atoms with E-state index in [0.29, 0.717) is 0 Å². The van der Waals surface area contributed by atoms with Gasteiger partial charge in [0.1, 0.15) is 0 Å². The molecule has 60 valence electrons.